The van der Waals surface area contributed by atoms with E-state index in [0.717, 1.165) is 9.13 Å². The van der Waals surface area contributed by atoms with E-state index in [1.54, 1.807) is 41.5 Å². The third-order valence-corrected chi connectivity index (χ3v) is 5.00. The third-order valence-electron chi connectivity index (χ3n) is 4.71. The first kappa shape index (κ1) is 25.2. The highest BCUT2D eigenvalue weighted by molar-refractivity contribution is 6.29. The van der Waals surface area contributed by atoms with Crippen molar-refractivity contribution in [3.8, 4) is 11.8 Å². The molecule has 32 heavy (non-hydrogen) atoms. The van der Waals surface area contributed by atoms with Crippen molar-refractivity contribution in [1.29, 1.82) is 0 Å². The van der Waals surface area contributed by atoms with E-state index in [0.29, 0.717) is 0 Å². The molecule has 174 valence electrons. The van der Waals surface area contributed by atoms with Gasteiger partial charge in [-0.15, -0.1) is 5.92 Å². The largest absolute Gasteiger partial charge is 0.469 e. The Morgan fingerprint density at radius 1 is 1.06 bits per heavy atom. The fourth-order valence-corrected chi connectivity index (χ4v) is 3.12. The van der Waals surface area contributed by atoms with Crippen molar-refractivity contribution in [3.05, 3.63) is 26.1 Å². The zero-order valence-electron chi connectivity index (χ0n) is 19.2. The number of rotatable bonds is 6. The summed E-state index contributed by atoms with van der Waals surface area (Å²) in [5.41, 5.74) is -3.54. The Morgan fingerprint density at radius 2 is 1.69 bits per heavy atom. The summed E-state index contributed by atoms with van der Waals surface area (Å²) in [6.45, 7) is 9.03. The van der Waals surface area contributed by atoms with Crippen LogP contribution in [0.3, 0.4) is 0 Å². The van der Waals surface area contributed by atoms with Crippen molar-refractivity contribution in [2.24, 2.45) is 10.8 Å². The van der Waals surface area contributed by atoms with Crippen LogP contribution < -0.4 is 11.2 Å². The molecule has 0 saturated heterocycles. The average molecular weight is 467 g/mol. The van der Waals surface area contributed by atoms with E-state index in [4.69, 9.17) is 21.1 Å². The zero-order chi connectivity index (χ0) is 24.4. The normalized spacial score (nSPS) is 11.8. The van der Waals surface area contributed by atoms with Gasteiger partial charge in [-0.3, -0.25) is 23.5 Å². The molecule has 0 saturated carbocycles. The molecule has 2 rings (SSSR count). The molecule has 0 bridgehead atoms. The van der Waals surface area contributed by atoms with Crippen LogP contribution in [0.4, 0.5) is 0 Å². The molecule has 2 aromatic rings. The van der Waals surface area contributed by atoms with Crippen LogP contribution in [0, 0.1) is 22.7 Å². The molecule has 2 heterocycles. The Hall–Kier alpha value is -3.06. The lowest BCUT2D eigenvalue weighted by molar-refractivity contribution is -0.157. The number of fused-ring (bicyclic) bond motifs is 1. The minimum atomic E-state index is -1.19. The second-order valence-corrected chi connectivity index (χ2v) is 9.19. The molecular formula is C21H27ClN4O6. The van der Waals surface area contributed by atoms with Crippen molar-refractivity contribution in [1.82, 2.24) is 18.7 Å². The number of aromatic nitrogens is 4. The lowest BCUT2D eigenvalue weighted by Gasteiger charge is -2.23. The molecule has 10 nitrogen and oxygen atoms in total. The van der Waals surface area contributed by atoms with Crippen molar-refractivity contribution in [2.75, 3.05) is 7.11 Å². The average Bonchev–Trinajstić information content (AvgIpc) is 3.03. The lowest BCUT2D eigenvalue weighted by Crippen LogP contribution is -2.46. The summed E-state index contributed by atoms with van der Waals surface area (Å²) in [4.78, 5) is 55.1. The van der Waals surface area contributed by atoms with E-state index in [-0.39, 0.29) is 29.5 Å². The molecular weight excluding hydrogens is 440 g/mol. The molecule has 0 aromatic carbocycles. The Morgan fingerprint density at radius 3 is 2.22 bits per heavy atom. The van der Waals surface area contributed by atoms with Crippen LogP contribution in [0.25, 0.3) is 11.2 Å². The molecule has 11 heteroatoms. The Labute approximate surface area is 190 Å². The van der Waals surface area contributed by atoms with Gasteiger partial charge in [-0.2, -0.15) is 4.98 Å². The van der Waals surface area contributed by atoms with Crippen molar-refractivity contribution in [2.45, 2.75) is 61.4 Å². The number of hydrogen-bond acceptors (Lipinski definition) is 7. The summed E-state index contributed by atoms with van der Waals surface area (Å²) in [5, 5.41) is -0.0554. The van der Waals surface area contributed by atoms with Gasteiger partial charge in [0, 0.05) is 6.54 Å². The van der Waals surface area contributed by atoms with E-state index in [9.17, 15) is 19.2 Å². The number of nitrogens with zero attached hydrogens (tertiary/aromatic N) is 4. The molecule has 0 fully saturated rings. The minimum absolute atomic E-state index is 0.00447. The SMILES string of the molecule is CC#CCn1c(Cl)nc2c1c(=O)n(CC(C)(C)C(=O)OC)c(=O)n2COC(=O)C(C)(C)C. The fraction of sp³-hybridized carbons (Fsp3) is 0.571. The Balaban J connectivity index is 2.79. The Kier molecular flexibility index (Phi) is 7.25. The maximum Gasteiger partial charge on any atom is 0.335 e. The first-order valence-electron chi connectivity index (χ1n) is 9.81. The molecule has 0 amide bonds. The molecule has 0 aliphatic carbocycles. The number of carbonyl (C=O) groups excluding carboxylic acids is 2. The van der Waals surface area contributed by atoms with E-state index in [1.165, 1.54) is 11.7 Å². The second kappa shape index (κ2) is 9.20. The quantitative estimate of drug-likeness (QED) is 0.362. The zero-order valence-corrected chi connectivity index (χ0v) is 20.0. The van der Waals surface area contributed by atoms with Gasteiger partial charge in [0.25, 0.3) is 5.56 Å². The molecule has 0 radical (unpaired) electrons. The maximum absolute atomic E-state index is 13.3. The van der Waals surface area contributed by atoms with Gasteiger partial charge in [0.05, 0.1) is 24.5 Å². The van der Waals surface area contributed by atoms with Gasteiger partial charge in [0.1, 0.15) is 0 Å². The van der Waals surface area contributed by atoms with Gasteiger partial charge in [-0.1, -0.05) is 5.92 Å². The van der Waals surface area contributed by atoms with Crippen LogP contribution in [-0.4, -0.2) is 37.7 Å². The summed E-state index contributed by atoms with van der Waals surface area (Å²) in [6.07, 6.45) is 0. The Bertz CT molecular complexity index is 1230. The van der Waals surface area contributed by atoms with Gasteiger partial charge in [-0.05, 0) is 53.1 Å². The van der Waals surface area contributed by atoms with E-state index >= 15 is 0 Å². The number of esters is 2. The number of methoxy groups -OCH3 is 1. The van der Waals surface area contributed by atoms with Crippen LogP contribution >= 0.6 is 11.6 Å². The van der Waals surface area contributed by atoms with E-state index in [2.05, 4.69) is 16.8 Å². The standard InChI is InChI=1S/C21H27ClN4O6/c1-8-9-10-24-13-14(23-18(24)22)26(12-32-16(28)20(2,3)4)19(30)25(15(13)27)11-21(5,6)17(29)31-7/h10-12H2,1-7H3. The fourth-order valence-electron chi connectivity index (χ4n) is 2.90. The summed E-state index contributed by atoms with van der Waals surface area (Å²) >= 11 is 6.23. The predicted octanol–water partition coefficient (Wildman–Crippen LogP) is 1.78. The number of carbonyl (C=O) groups is 2. The molecule has 2 aromatic heterocycles. The number of hydrogen-bond donors (Lipinski definition) is 0. The van der Waals surface area contributed by atoms with E-state index < -0.39 is 40.7 Å². The number of ether oxygens (including phenoxy) is 2. The van der Waals surface area contributed by atoms with Crippen LogP contribution in [0.1, 0.15) is 41.5 Å². The van der Waals surface area contributed by atoms with Crippen LogP contribution in [-0.2, 0) is 38.9 Å². The van der Waals surface area contributed by atoms with Gasteiger partial charge < -0.3 is 9.47 Å². The van der Waals surface area contributed by atoms with Gasteiger partial charge in [-0.25, -0.2) is 9.36 Å². The molecule has 0 N–H and O–H groups in total. The van der Waals surface area contributed by atoms with Crippen LogP contribution in [0.2, 0.25) is 5.28 Å². The molecule has 0 spiro atoms. The van der Waals surface area contributed by atoms with Crippen molar-refractivity contribution < 1.29 is 19.1 Å². The molecule has 0 unspecified atom stereocenters. The van der Waals surface area contributed by atoms with Crippen LogP contribution in [0.5, 0.6) is 0 Å². The molecule has 0 aliphatic heterocycles. The van der Waals surface area contributed by atoms with Crippen molar-refractivity contribution in [3.63, 3.8) is 0 Å². The first-order chi connectivity index (χ1) is 14.8. The monoisotopic (exact) mass is 466 g/mol. The highest BCUT2D eigenvalue weighted by Gasteiger charge is 2.32. The number of halogens is 1. The molecule has 0 aliphatic rings. The number of imidazole rings is 1. The van der Waals surface area contributed by atoms with Gasteiger partial charge in [0.2, 0.25) is 5.28 Å². The van der Waals surface area contributed by atoms with E-state index in [1.807, 2.05) is 0 Å². The van der Waals surface area contributed by atoms with Crippen molar-refractivity contribution >= 4 is 34.7 Å². The summed E-state index contributed by atoms with van der Waals surface area (Å²) < 4.78 is 13.4. The topological polar surface area (TPSA) is 114 Å². The smallest absolute Gasteiger partial charge is 0.335 e. The minimum Gasteiger partial charge on any atom is -0.469 e. The first-order valence-corrected chi connectivity index (χ1v) is 10.2. The highest BCUT2D eigenvalue weighted by Crippen LogP contribution is 2.21. The second-order valence-electron chi connectivity index (χ2n) is 8.85. The summed E-state index contributed by atoms with van der Waals surface area (Å²) in [6, 6.07) is 0. The summed E-state index contributed by atoms with van der Waals surface area (Å²) in [5.74, 6) is 4.37. The maximum atomic E-state index is 13.3. The lowest BCUT2D eigenvalue weighted by atomic mass is 9.93. The van der Waals surface area contributed by atoms with Crippen LogP contribution in [0.15, 0.2) is 9.59 Å². The third kappa shape index (κ3) is 4.88. The highest BCUT2D eigenvalue weighted by atomic mass is 35.5. The predicted molar refractivity (Wildman–Crippen MR) is 118 cm³/mol. The molecule has 0 atom stereocenters. The van der Waals surface area contributed by atoms with Gasteiger partial charge >= 0.3 is 17.6 Å². The summed E-state index contributed by atoms with van der Waals surface area (Å²) in [7, 11) is 1.22. The van der Waals surface area contributed by atoms with Gasteiger partial charge in [0.15, 0.2) is 17.9 Å².